The van der Waals surface area contributed by atoms with E-state index in [1.54, 1.807) is 0 Å². The van der Waals surface area contributed by atoms with Crippen LogP contribution in [0.5, 0.6) is 0 Å². The third-order valence-electron chi connectivity index (χ3n) is 11.4. The molecule has 0 amide bonds. The molecule has 0 rings (SSSR count). The van der Waals surface area contributed by atoms with E-state index in [1.807, 2.05) is 12.2 Å². The van der Waals surface area contributed by atoms with Crippen molar-refractivity contribution in [1.82, 2.24) is 0 Å². The Hall–Kier alpha value is -4.19. The van der Waals surface area contributed by atoms with Crippen molar-refractivity contribution >= 4 is 17.9 Å². The van der Waals surface area contributed by atoms with Crippen LogP contribution in [0, 0.1) is 0 Å². The van der Waals surface area contributed by atoms with E-state index in [9.17, 15) is 14.4 Å². The van der Waals surface area contributed by atoms with Gasteiger partial charge < -0.3 is 14.2 Å². The summed E-state index contributed by atoms with van der Waals surface area (Å²) in [6.45, 7) is 6.31. The Morgan fingerprint density at radius 2 is 0.594 bits per heavy atom. The van der Waals surface area contributed by atoms with Gasteiger partial charge in [0, 0.05) is 19.3 Å². The monoisotopic (exact) mass is 955 g/mol. The molecule has 0 aromatic carbocycles. The highest BCUT2D eigenvalue weighted by molar-refractivity contribution is 5.71. The number of carbonyl (C=O) groups excluding carboxylic acids is 3. The molecule has 6 nitrogen and oxygen atoms in total. The van der Waals surface area contributed by atoms with Crippen molar-refractivity contribution in [1.29, 1.82) is 0 Å². The lowest BCUT2D eigenvalue weighted by atomic mass is 10.1. The van der Waals surface area contributed by atoms with E-state index in [0.29, 0.717) is 19.3 Å². The van der Waals surface area contributed by atoms with Crippen molar-refractivity contribution in [2.24, 2.45) is 0 Å². The third-order valence-corrected chi connectivity index (χ3v) is 11.4. The molecule has 0 aromatic heterocycles. The van der Waals surface area contributed by atoms with Gasteiger partial charge >= 0.3 is 17.9 Å². The molecule has 0 aromatic rings. The van der Waals surface area contributed by atoms with Crippen LogP contribution in [0.15, 0.2) is 122 Å². The van der Waals surface area contributed by atoms with Gasteiger partial charge in [-0.3, -0.25) is 14.4 Å². The summed E-state index contributed by atoms with van der Waals surface area (Å²) in [5.74, 6) is -1.04. The quantitative estimate of drug-likeness (QED) is 0.0262. The largest absolute Gasteiger partial charge is 0.462 e. The van der Waals surface area contributed by atoms with E-state index in [-0.39, 0.29) is 37.5 Å². The highest BCUT2D eigenvalue weighted by atomic mass is 16.6. The number of allylic oxidation sites excluding steroid dienone is 20. The SMILES string of the molecule is CC/C=C\C/C=C\C/C=C\C/C=C\C/C=C\CCCCCC(=O)OCC(COC(=O)CC/C=C\C/C=C\C/C=C\C/C=C\CC)OC(=O)CCCCCCCCCCC/C=C\CCCCCCCC. The maximum Gasteiger partial charge on any atom is 0.306 e. The van der Waals surface area contributed by atoms with Gasteiger partial charge in [-0.1, -0.05) is 226 Å². The second-order valence-electron chi connectivity index (χ2n) is 18.1. The molecule has 0 spiro atoms. The fourth-order valence-corrected chi connectivity index (χ4v) is 7.30. The van der Waals surface area contributed by atoms with Crippen molar-refractivity contribution in [3.8, 4) is 0 Å². The molecule has 0 aliphatic heterocycles. The number of hydrogen-bond donors (Lipinski definition) is 0. The third kappa shape index (κ3) is 54.6. The molecule has 0 aliphatic carbocycles. The fraction of sp³-hybridized carbons (Fsp3) is 0.635. The van der Waals surface area contributed by atoms with Crippen LogP contribution in [0.25, 0.3) is 0 Å². The Bertz CT molecular complexity index is 1470. The molecule has 0 N–H and O–H groups in total. The standard InChI is InChI=1S/C63H102O6/c1-4-7-10-13-16-19-22-25-27-29-31-33-35-38-41-44-47-50-53-56-62(65)68-59-60(58-67-61(64)55-52-49-46-43-40-37-24-21-18-15-12-9-6-3)69-63(66)57-54-51-48-45-42-39-36-34-32-30-28-26-23-20-17-14-11-8-5-2/h7,9-10,12,16,18-19,21,25-28,31,33,37-38,40-41,46,49,60H,4-6,8,11,13-15,17,20,22-24,29-30,32,34-36,39,42-45,47-48,50-59H2,1-3H3/b10-7-,12-9-,19-16-,21-18-,27-25-,28-26-,33-31-,40-37-,41-38-,49-46-. The highest BCUT2D eigenvalue weighted by Crippen LogP contribution is 2.14. The van der Waals surface area contributed by atoms with Gasteiger partial charge in [-0.15, -0.1) is 0 Å². The number of unbranched alkanes of at least 4 members (excludes halogenated alkanes) is 18. The average molecular weight is 956 g/mol. The van der Waals surface area contributed by atoms with Crippen LogP contribution in [-0.2, 0) is 28.6 Å². The lowest BCUT2D eigenvalue weighted by Gasteiger charge is -2.18. The molecule has 0 bridgehead atoms. The van der Waals surface area contributed by atoms with Crippen molar-refractivity contribution in [3.05, 3.63) is 122 Å². The van der Waals surface area contributed by atoms with Gasteiger partial charge in [0.1, 0.15) is 13.2 Å². The minimum atomic E-state index is -0.825. The molecule has 0 fully saturated rings. The van der Waals surface area contributed by atoms with E-state index in [2.05, 4.69) is 130 Å². The maximum absolute atomic E-state index is 12.9. The van der Waals surface area contributed by atoms with E-state index in [0.717, 1.165) is 103 Å². The number of ether oxygens (including phenoxy) is 3. The van der Waals surface area contributed by atoms with E-state index < -0.39 is 6.10 Å². The predicted molar refractivity (Wildman–Crippen MR) is 297 cm³/mol. The maximum atomic E-state index is 12.9. The molecule has 0 saturated heterocycles. The molecule has 1 unspecified atom stereocenters. The summed E-state index contributed by atoms with van der Waals surface area (Å²) >= 11 is 0. The van der Waals surface area contributed by atoms with E-state index in [4.69, 9.17) is 14.2 Å². The van der Waals surface area contributed by atoms with Gasteiger partial charge in [0.05, 0.1) is 0 Å². The number of esters is 3. The number of carbonyl (C=O) groups is 3. The van der Waals surface area contributed by atoms with Crippen LogP contribution >= 0.6 is 0 Å². The van der Waals surface area contributed by atoms with Gasteiger partial charge in [-0.25, -0.2) is 0 Å². The van der Waals surface area contributed by atoms with Crippen LogP contribution in [0.2, 0.25) is 0 Å². The Morgan fingerprint density at radius 3 is 1.00 bits per heavy atom. The molecular weight excluding hydrogens is 853 g/mol. The molecule has 1 atom stereocenters. The van der Waals surface area contributed by atoms with Gasteiger partial charge in [0.15, 0.2) is 6.10 Å². The lowest BCUT2D eigenvalue weighted by molar-refractivity contribution is -0.166. The molecule has 0 saturated carbocycles. The Balaban J connectivity index is 4.51. The fourth-order valence-electron chi connectivity index (χ4n) is 7.30. The molecule has 0 radical (unpaired) electrons. The summed E-state index contributed by atoms with van der Waals surface area (Å²) in [5.41, 5.74) is 0. The topological polar surface area (TPSA) is 78.9 Å². The minimum absolute atomic E-state index is 0.121. The number of hydrogen-bond acceptors (Lipinski definition) is 6. The van der Waals surface area contributed by atoms with E-state index >= 15 is 0 Å². The molecule has 6 heteroatoms. The van der Waals surface area contributed by atoms with Gasteiger partial charge in [0.25, 0.3) is 0 Å². The second-order valence-corrected chi connectivity index (χ2v) is 18.1. The minimum Gasteiger partial charge on any atom is -0.462 e. The first-order chi connectivity index (χ1) is 34.0. The summed E-state index contributed by atoms with van der Waals surface area (Å²) in [4.78, 5) is 38.1. The first kappa shape index (κ1) is 64.8. The molecule has 390 valence electrons. The van der Waals surface area contributed by atoms with Crippen LogP contribution in [-0.4, -0.2) is 37.2 Å². The molecule has 69 heavy (non-hydrogen) atoms. The van der Waals surface area contributed by atoms with Crippen molar-refractivity contribution < 1.29 is 28.6 Å². The molecule has 0 heterocycles. The van der Waals surface area contributed by atoms with Crippen LogP contribution < -0.4 is 0 Å². The van der Waals surface area contributed by atoms with Gasteiger partial charge in [-0.05, 0) is 116 Å². The van der Waals surface area contributed by atoms with Crippen LogP contribution in [0.4, 0.5) is 0 Å². The summed E-state index contributed by atoms with van der Waals surface area (Å²) in [5, 5.41) is 0. The first-order valence-corrected chi connectivity index (χ1v) is 28.0. The second kappa shape index (κ2) is 56.4. The summed E-state index contributed by atoms with van der Waals surface area (Å²) in [6, 6.07) is 0. The van der Waals surface area contributed by atoms with Crippen molar-refractivity contribution in [2.45, 2.75) is 245 Å². The summed E-state index contributed by atoms with van der Waals surface area (Å²) in [6.07, 6.45) is 77.7. The molecular formula is C63H102O6. The summed E-state index contributed by atoms with van der Waals surface area (Å²) < 4.78 is 16.7. The summed E-state index contributed by atoms with van der Waals surface area (Å²) in [7, 11) is 0. The highest BCUT2D eigenvalue weighted by Gasteiger charge is 2.19. The smallest absolute Gasteiger partial charge is 0.306 e. The Kier molecular flexibility index (Phi) is 53.0. The average Bonchev–Trinajstić information content (AvgIpc) is 3.35. The molecule has 0 aliphatic rings. The normalized spacial score (nSPS) is 13.0. The van der Waals surface area contributed by atoms with Gasteiger partial charge in [0.2, 0.25) is 0 Å². The zero-order valence-corrected chi connectivity index (χ0v) is 44.5. The Morgan fingerprint density at radius 1 is 0.304 bits per heavy atom. The van der Waals surface area contributed by atoms with E-state index in [1.165, 1.54) is 89.9 Å². The van der Waals surface area contributed by atoms with Crippen LogP contribution in [0.3, 0.4) is 0 Å². The van der Waals surface area contributed by atoms with Crippen molar-refractivity contribution in [2.75, 3.05) is 13.2 Å². The van der Waals surface area contributed by atoms with Crippen molar-refractivity contribution in [3.63, 3.8) is 0 Å². The van der Waals surface area contributed by atoms with Gasteiger partial charge in [-0.2, -0.15) is 0 Å². The Labute approximate surface area is 424 Å². The zero-order chi connectivity index (χ0) is 50.0. The first-order valence-electron chi connectivity index (χ1n) is 28.0. The lowest BCUT2D eigenvalue weighted by Crippen LogP contribution is -2.30. The van der Waals surface area contributed by atoms with Crippen LogP contribution in [0.1, 0.15) is 239 Å². The predicted octanol–water partition coefficient (Wildman–Crippen LogP) is 18.9. The number of rotatable bonds is 49. The zero-order valence-electron chi connectivity index (χ0n) is 44.5.